The topological polar surface area (TPSA) is 35.2 Å². The Morgan fingerprint density at radius 1 is 1.54 bits per heavy atom. The second kappa shape index (κ2) is 3.94. The lowest BCUT2D eigenvalue weighted by atomic mass is 10.1. The van der Waals surface area contributed by atoms with Crippen molar-refractivity contribution in [2.75, 3.05) is 7.11 Å². The molecule has 0 aromatic heterocycles. The van der Waals surface area contributed by atoms with Crippen molar-refractivity contribution in [2.45, 2.75) is 13.0 Å². The van der Waals surface area contributed by atoms with E-state index in [2.05, 4.69) is 0 Å². The minimum Gasteiger partial charge on any atom is -0.492 e. The largest absolute Gasteiger partial charge is 0.492 e. The molecule has 1 aromatic carbocycles. The van der Waals surface area contributed by atoms with Crippen molar-refractivity contribution in [2.24, 2.45) is 5.73 Å². The van der Waals surface area contributed by atoms with Crippen molar-refractivity contribution < 1.29 is 9.13 Å². The lowest BCUT2D eigenvalue weighted by Crippen LogP contribution is -2.05. The third kappa shape index (κ3) is 2.11. The quantitative estimate of drug-likeness (QED) is 0.802. The highest BCUT2D eigenvalue weighted by atomic mass is 35.5. The van der Waals surface area contributed by atoms with E-state index in [1.54, 1.807) is 13.0 Å². The van der Waals surface area contributed by atoms with Crippen molar-refractivity contribution in [1.29, 1.82) is 0 Å². The molecular formula is C9H11ClFNO. The summed E-state index contributed by atoms with van der Waals surface area (Å²) in [6.45, 7) is 1.76. The molecular weight excluding hydrogens is 193 g/mol. The first-order valence-electron chi connectivity index (χ1n) is 3.84. The van der Waals surface area contributed by atoms with Crippen LogP contribution in [0.4, 0.5) is 4.39 Å². The average Bonchev–Trinajstić information content (AvgIpc) is 2.03. The molecule has 1 rings (SSSR count). The van der Waals surface area contributed by atoms with Crippen LogP contribution >= 0.6 is 11.6 Å². The van der Waals surface area contributed by atoms with Crippen molar-refractivity contribution in [3.05, 3.63) is 28.5 Å². The summed E-state index contributed by atoms with van der Waals surface area (Å²) >= 11 is 5.76. The molecule has 13 heavy (non-hydrogen) atoms. The average molecular weight is 204 g/mol. The van der Waals surface area contributed by atoms with Crippen LogP contribution in [-0.2, 0) is 0 Å². The zero-order valence-electron chi connectivity index (χ0n) is 7.47. The molecule has 0 bridgehead atoms. The number of halogens is 2. The highest BCUT2D eigenvalue weighted by Crippen LogP contribution is 2.30. The molecule has 0 saturated carbocycles. The van der Waals surface area contributed by atoms with Gasteiger partial charge in [-0.3, -0.25) is 0 Å². The molecule has 0 aliphatic carbocycles. The summed E-state index contributed by atoms with van der Waals surface area (Å²) in [6, 6.07) is 2.70. The van der Waals surface area contributed by atoms with Gasteiger partial charge in [-0.05, 0) is 24.6 Å². The fraction of sp³-hybridized carbons (Fsp3) is 0.333. The van der Waals surface area contributed by atoms with Crippen LogP contribution in [0.1, 0.15) is 18.5 Å². The Labute approximate surface area is 81.4 Å². The van der Waals surface area contributed by atoms with Gasteiger partial charge in [-0.2, -0.15) is 0 Å². The number of hydrogen-bond donors (Lipinski definition) is 1. The minimum absolute atomic E-state index is 0.0612. The van der Waals surface area contributed by atoms with E-state index in [1.807, 2.05) is 0 Å². The van der Waals surface area contributed by atoms with E-state index in [1.165, 1.54) is 13.2 Å². The van der Waals surface area contributed by atoms with Crippen molar-refractivity contribution in [3.8, 4) is 5.75 Å². The molecule has 0 fully saturated rings. The Morgan fingerprint density at radius 3 is 2.54 bits per heavy atom. The zero-order valence-corrected chi connectivity index (χ0v) is 8.23. The van der Waals surface area contributed by atoms with Crippen LogP contribution < -0.4 is 10.5 Å². The first kappa shape index (κ1) is 10.3. The van der Waals surface area contributed by atoms with Gasteiger partial charge in [0.1, 0.15) is 0 Å². The second-order valence-corrected chi connectivity index (χ2v) is 3.21. The Balaban J connectivity index is 3.20. The maximum Gasteiger partial charge on any atom is 0.173 e. The van der Waals surface area contributed by atoms with Gasteiger partial charge in [-0.15, -0.1) is 0 Å². The minimum atomic E-state index is -0.484. The maximum absolute atomic E-state index is 13.2. The summed E-state index contributed by atoms with van der Waals surface area (Å²) in [7, 11) is 1.37. The molecule has 4 heteroatoms. The third-order valence-electron chi connectivity index (χ3n) is 1.75. The molecule has 0 aliphatic heterocycles. The van der Waals surface area contributed by atoms with E-state index in [-0.39, 0.29) is 16.8 Å². The van der Waals surface area contributed by atoms with E-state index in [0.717, 1.165) is 0 Å². The van der Waals surface area contributed by atoms with Crippen LogP contribution in [-0.4, -0.2) is 7.11 Å². The smallest absolute Gasteiger partial charge is 0.173 e. The van der Waals surface area contributed by atoms with E-state index in [9.17, 15) is 4.39 Å². The molecule has 0 heterocycles. The van der Waals surface area contributed by atoms with Crippen molar-refractivity contribution in [1.82, 2.24) is 0 Å². The van der Waals surface area contributed by atoms with Gasteiger partial charge in [0.25, 0.3) is 0 Å². The summed E-state index contributed by atoms with van der Waals surface area (Å²) in [6.07, 6.45) is 0. The van der Waals surface area contributed by atoms with E-state index in [0.29, 0.717) is 5.56 Å². The number of hydrogen-bond acceptors (Lipinski definition) is 2. The van der Waals surface area contributed by atoms with E-state index >= 15 is 0 Å². The molecule has 0 saturated heterocycles. The van der Waals surface area contributed by atoms with Crippen LogP contribution in [0.25, 0.3) is 0 Å². The summed E-state index contributed by atoms with van der Waals surface area (Å²) in [4.78, 5) is 0. The van der Waals surface area contributed by atoms with Gasteiger partial charge in [0.05, 0.1) is 12.1 Å². The van der Waals surface area contributed by atoms with Crippen LogP contribution in [0.5, 0.6) is 5.75 Å². The normalized spacial score (nSPS) is 12.7. The number of rotatable bonds is 2. The first-order chi connectivity index (χ1) is 6.06. The molecule has 0 radical (unpaired) electrons. The Kier molecular flexibility index (Phi) is 3.12. The van der Waals surface area contributed by atoms with E-state index < -0.39 is 5.82 Å². The number of benzene rings is 1. The molecule has 0 spiro atoms. The standard InChI is InChI=1S/C9H11ClFNO/c1-5(12)6-3-7(10)9(13-2)8(11)4-6/h3-5H,12H2,1-2H3/t5-/m0/s1. The van der Waals surface area contributed by atoms with Gasteiger partial charge in [0.15, 0.2) is 11.6 Å². The highest BCUT2D eigenvalue weighted by molar-refractivity contribution is 6.32. The summed E-state index contributed by atoms with van der Waals surface area (Å²) in [5.41, 5.74) is 6.23. The predicted octanol–water partition coefficient (Wildman–Crippen LogP) is 2.51. The highest BCUT2D eigenvalue weighted by Gasteiger charge is 2.11. The number of ether oxygens (including phenoxy) is 1. The monoisotopic (exact) mass is 203 g/mol. The van der Waals surface area contributed by atoms with Crippen LogP contribution in [0.15, 0.2) is 12.1 Å². The molecule has 1 aromatic rings. The van der Waals surface area contributed by atoms with Gasteiger partial charge in [0, 0.05) is 6.04 Å². The third-order valence-corrected chi connectivity index (χ3v) is 2.03. The van der Waals surface area contributed by atoms with Crippen LogP contribution in [0.2, 0.25) is 5.02 Å². The fourth-order valence-electron chi connectivity index (χ4n) is 1.04. The van der Waals surface area contributed by atoms with E-state index in [4.69, 9.17) is 22.1 Å². The Hall–Kier alpha value is -0.800. The molecule has 0 amide bonds. The molecule has 0 aliphatic rings. The zero-order chi connectivity index (χ0) is 10.0. The van der Waals surface area contributed by atoms with Gasteiger partial charge in [0.2, 0.25) is 0 Å². The summed E-state index contributed by atoms with van der Waals surface area (Å²) in [5, 5.41) is 0.245. The van der Waals surface area contributed by atoms with Crippen LogP contribution in [0.3, 0.4) is 0 Å². The molecule has 0 unspecified atom stereocenters. The molecule has 1 atom stereocenters. The number of methoxy groups -OCH3 is 1. The van der Waals surface area contributed by atoms with Gasteiger partial charge in [-0.25, -0.2) is 4.39 Å². The van der Waals surface area contributed by atoms with Crippen LogP contribution in [0, 0.1) is 5.82 Å². The Bertz CT molecular complexity index is 291. The SMILES string of the molecule is COc1c(F)cc([C@H](C)N)cc1Cl. The fourth-order valence-corrected chi connectivity index (χ4v) is 1.33. The lowest BCUT2D eigenvalue weighted by Gasteiger charge is -2.09. The van der Waals surface area contributed by atoms with Gasteiger partial charge in [-0.1, -0.05) is 11.6 Å². The second-order valence-electron chi connectivity index (χ2n) is 2.81. The molecule has 2 nitrogen and oxygen atoms in total. The van der Waals surface area contributed by atoms with Gasteiger partial charge >= 0.3 is 0 Å². The lowest BCUT2D eigenvalue weighted by molar-refractivity contribution is 0.386. The summed E-state index contributed by atoms with van der Waals surface area (Å²) in [5.74, 6) is -0.423. The molecule has 72 valence electrons. The maximum atomic E-state index is 13.2. The van der Waals surface area contributed by atoms with Crippen molar-refractivity contribution in [3.63, 3.8) is 0 Å². The molecule has 2 N–H and O–H groups in total. The van der Waals surface area contributed by atoms with Gasteiger partial charge < -0.3 is 10.5 Å². The summed E-state index contributed by atoms with van der Waals surface area (Å²) < 4.78 is 18.0. The Morgan fingerprint density at radius 2 is 2.15 bits per heavy atom. The number of nitrogens with two attached hydrogens (primary N) is 1. The van der Waals surface area contributed by atoms with Crippen molar-refractivity contribution >= 4 is 11.6 Å². The first-order valence-corrected chi connectivity index (χ1v) is 4.22. The predicted molar refractivity (Wildman–Crippen MR) is 50.6 cm³/mol.